The number of carbonyl (C=O) groups is 2. The van der Waals surface area contributed by atoms with Gasteiger partial charge in [-0.15, -0.1) is 0 Å². The maximum absolute atomic E-state index is 12.0. The molecule has 0 saturated carbocycles. The molecule has 2 aromatic rings. The Morgan fingerprint density at radius 3 is 2.45 bits per heavy atom. The lowest BCUT2D eigenvalue weighted by Gasteiger charge is -2.14. The second-order valence-electron chi connectivity index (χ2n) is 4.63. The van der Waals surface area contributed by atoms with E-state index in [9.17, 15) is 14.7 Å². The first kappa shape index (κ1) is 16.5. The van der Waals surface area contributed by atoms with Crippen molar-refractivity contribution < 1.29 is 14.7 Å². The molecule has 1 unspecified atom stereocenters. The number of hydrogen-bond donors (Lipinski definition) is 2. The second-order valence-corrected chi connectivity index (χ2v) is 5.48. The molecule has 1 atom stereocenters. The number of aldehydes is 1. The number of benzene rings is 2. The van der Waals surface area contributed by atoms with Gasteiger partial charge in [-0.25, -0.2) is 0 Å². The van der Waals surface area contributed by atoms with Crippen molar-refractivity contribution in [3.63, 3.8) is 0 Å². The molecule has 0 radical (unpaired) electrons. The van der Waals surface area contributed by atoms with Crippen LogP contribution in [-0.4, -0.2) is 23.8 Å². The van der Waals surface area contributed by atoms with Gasteiger partial charge in [-0.2, -0.15) is 0 Å². The van der Waals surface area contributed by atoms with Crippen LogP contribution in [0.5, 0.6) is 0 Å². The summed E-state index contributed by atoms with van der Waals surface area (Å²) in [7, 11) is 0. The van der Waals surface area contributed by atoms with Crippen LogP contribution < -0.4 is 5.32 Å². The van der Waals surface area contributed by atoms with Gasteiger partial charge in [-0.05, 0) is 24.3 Å². The molecule has 2 N–H and O–H groups in total. The van der Waals surface area contributed by atoms with E-state index >= 15 is 0 Å². The van der Waals surface area contributed by atoms with Crippen LogP contribution in [0.25, 0.3) is 0 Å². The number of carbonyl (C=O) groups excluding carboxylic acids is 2. The maximum Gasteiger partial charge on any atom is 0.251 e. The number of hydrogen-bond acceptors (Lipinski definition) is 3. The van der Waals surface area contributed by atoms with E-state index in [0.29, 0.717) is 33.0 Å². The van der Waals surface area contributed by atoms with Crippen molar-refractivity contribution in [2.24, 2.45) is 0 Å². The standard InChI is InChI=1S/C16H13Cl2NO3/c17-12-5-6-13(14(18)7-12)15(21)8-19-16(22)11-3-1-10(9-20)2-4-11/h1-7,9,15,21H,8H2,(H,19,22). The number of rotatable bonds is 5. The molecule has 0 saturated heterocycles. The lowest BCUT2D eigenvalue weighted by molar-refractivity contribution is 0.0916. The van der Waals surface area contributed by atoms with Gasteiger partial charge in [-0.3, -0.25) is 9.59 Å². The molecule has 0 fully saturated rings. The van der Waals surface area contributed by atoms with Gasteiger partial charge in [0.25, 0.3) is 5.91 Å². The van der Waals surface area contributed by atoms with Gasteiger partial charge in [0.2, 0.25) is 0 Å². The van der Waals surface area contributed by atoms with E-state index in [1.807, 2.05) is 0 Å². The molecule has 0 bridgehead atoms. The molecule has 0 aliphatic rings. The molecule has 2 rings (SSSR count). The van der Waals surface area contributed by atoms with Crippen LogP contribution in [0.15, 0.2) is 42.5 Å². The fraction of sp³-hybridized carbons (Fsp3) is 0.125. The quantitative estimate of drug-likeness (QED) is 0.823. The Hall–Kier alpha value is -1.88. The van der Waals surface area contributed by atoms with Gasteiger partial charge in [0.15, 0.2) is 0 Å². The summed E-state index contributed by atoms with van der Waals surface area (Å²) < 4.78 is 0. The third kappa shape index (κ3) is 4.07. The average molecular weight is 338 g/mol. The van der Waals surface area contributed by atoms with Crippen molar-refractivity contribution in [2.75, 3.05) is 6.54 Å². The van der Waals surface area contributed by atoms with Crippen molar-refractivity contribution in [1.29, 1.82) is 0 Å². The third-order valence-corrected chi connectivity index (χ3v) is 3.65. The van der Waals surface area contributed by atoms with Gasteiger partial charge >= 0.3 is 0 Å². The SMILES string of the molecule is O=Cc1ccc(C(=O)NCC(O)c2ccc(Cl)cc2Cl)cc1. The summed E-state index contributed by atoms with van der Waals surface area (Å²) in [4.78, 5) is 22.5. The van der Waals surface area contributed by atoms with Crippen LogP contribution in [-0.2, 0) is 0 Å². The Bertz CT molecular complexity index is 686. The molecule has 0 heterocycles. The summed E-state index contributed by atoms with van der Waals surface area (Å²) in [5.74, 6) is -0.346. The average Bonchev–Trinajstić information content (AvgIpc) is 2.52. The molecular formula is C16H13Cl2NO3. The van der Waals surface area contributed by atoms with Crippen LogP contribution in [0.2, 0.25) is 10.0 Å². The molecule has 4 nitrogen and oxygen atoms in total. The first-order valence-corrected chi connectivity index (χ1v) is 7.23. The molecule has 0 aliphatic carbocycles. The molecule has 0 aliphatic heterocycles. The number of aliphatic hydroxyl groups excluding tert-OH is 1. The van der Waals surface area contributed by atoms with E-state index in [4.69, 9.17) is 23.2 Å². The topological polar surface area (TPSA) is 66.4 Å². The Balaban J connectivity index is 1.99. The molecule has 2 aromatic carbocycles. The summed E-state index contributed by atoms with van der Waals surface area (Å²) in [5, 5.41) is 13.5. The van der Waals surface area contributed by atoms with Crippen molar-refractivity contribution in [3.05, 3.63) is 69.2 Å². The van der Waals surface area contributed by atoms with Gasteiger partial charge in [0.05, 0.1) is 6.10 Å². The highest BCUT2D eigenvalue weighted by atomic mass is 35.5. The van der Waals surface area contributed by atoms with Gasteiger partial charge in [-0.1, -0.05) is 41.4 Å². The molecular weight excluding hydrogens is 325 g/mol. The number of halogens is 2. The van der Waals surface area contributed by atoms with Crippen LogP contribution in [0.3, 0.4) is 0 Å². The summed E-state index contributed by atoms with van der Waals surface area (Å²) >= 11 is 11.8. The Morgan fingerprint density at radius 1 is 1.18 bits per heavy atom. The first-order chi connectivity index (χ1) is 10.5. The molecule has 114 valence electrons. The third-order valence-electron chi connectivity index (χ3n) is 3.09. The summed E-state index contributed by atoms with van der Waals surface area (Å²) in [6, 6.07) is 10.9. The van der Waals surface area contributed by atoms with Crippen LogP contribution in [0.1, 0.15) is 32.4 Å². The lowest BCUT2D eigenvalue weighted by atomic mass is 10.1. The fourth-order valence-corrected chi connectivity index (χ4v) is 2.42. The van der Waals surface area contributed by atoms with Crippen LogP contribution in [0.4, 0.5) is 0 Å². The van der Waals surface area contributed by atoms with Gasteiger partial charge in [0.1, 0.15) is 6.29 Å². The van der Waals surface area contributed by atoms with E-state index in [1.54, 1.807) is 36.4 Å². The first-order valence-electron chi connectivity index (χ1n) is 6.47. The zero-order valence-electron chi connectivity index (χ0n) is 11.4. The van der Waals surface area contributed by atoms with Crippen molar-refractivity contribution >= 4 is 35.4 Å². The van der Waals surface area contributed by atoms with Gasteiger partial charge < -0.3 is 10.4 Å². The van der Waals surface area contributed by atoms with Crippen molar-refractivity contribution in [1.82, 2.24) is 5.32 Å². The largest absolute Gasteiger partial charge is 0.387 e. The van der Waals surface area contributed by atoms with E-state index in [1.165, 1.54) is 6.07 Å². The Kier molecular flexibility index (Phi) is 5.55. The predicted molar refractivity (Wildman–Crippen MR) is 85.6 cm³/mol. The zero-order chi connectivity index (χ0) is 16.1. The fourth-order valence-electron chi connectivity index (χ4n) is 1.89. The summed E-state index contributed by atoms with van der Waals surface area (Å²) in [6.45, 7) is 0.00954. The molecule has 0 aromatic heterocycles. The zero-order valence-corrected chi connectivity index (χ0v) is 12.9. The van der Waals surface area contributed by atoms with E-state index in [2.05, 4.69) is 5.32 Å². The molecule has 22 heavy (non-hydrogen) atoms. The van der Waals surface area contributed by atoms with Crippen molar-refractivity contribution in [2.45, 2.75) is 6.10 Å². The normalized spacial score (nSPS) is 11.8. The molecule has 6 heteroatoms. The molecule has 1 amide bonds. The summed E-state index contributed by atoms with van der Waals surface area (Å²) in [5.41, 5.74) is 1.38. The number of aliphatic hydroxyl groups is 1. The smallest absolute Gasteiger partial charge is 0.251 e. The maximum atomic E-state index is 12.0. The monoisotopic (exact) mass is 337 g/mol. The van der Waals surface area contributed by atoms with Crippen molar-refractivity contribution in [3.8, 4) is 0 Å². The summed E-state index contributed by atoms with van der Waals surface area (Å²) in [6.07, 6.45) is -0.239. The highest BCUT2D eigenvalue weighted by Crippen LogP contribution is 2.25. The number of nitrogens with one attached hydrogen (secondary N) is 1. The highest BCUT2D eigenvalue weighted by molar-refractivity contribution is 6.35. The molecule has 0 spiro atoms. The van der Waals surface area contributed by atoms with Crippen LogP contribution >= 0.6 is 23.2 Å². The second kappa shape index (κ2) is 7.40. The van der Waals surface area contributed by atoms with E-state index in [-0.39, 0.29) is 12.5 Å². The minimum atomic E-state index is -0.942. The Labute approximate surface area is 137 Å². The lowest BCUT2D eigenvalue weighted by Crippen LogP contribution is -2.28. The number of amides is 1. The van der Waals surface area contributed by atoms with Gasteiger partial charge in [0, 0.05) is 33.3 Å². The van der Waals surface area contributed by atoms with E-state index in [0.717, 1.165) is 0 Å². The van der Waals surface area contributed by atoms with E-state index < -0.39 is 6.10 Å². The predicted octanol–water partition coefficient (Wildman–Crippen LogP) is 3.27. The Morgan fingerprint density at radius 2 is 1.86 bits per heavy atom. The van der Waals surface area contributed by atoms with Crippen LogP contribution in [0, 0.1) is 0 Å². The highest BCUT2D eigenvalue weighted by Gasteiger charge is 2.14. The minimum Gasteiger partial charge on any atom is -0.387 e. The minimum absolute atomic E-state index is 0.00954.